The first-order valence-corrected chi connectivity index (χ1v) is 5.34. The molecule has 80 valence electrons. The van der Waals surface area contributed by atoms with Gasteiger partial charge in [0.25, 0.3) is 0 Å². The zero-order valence-corrected chi connectivity index (χ0v) is 8.97. The molecule has 0 aliphatic heterocycles. The standard InChI is InChI=1S/C10H24N2O/c1-3-4-5-6-7-10(8-11-2)12-9-13/h10-13H,3-9H2,1-2H3/t10-/m0/s1. The van der Waals surface area contributed by atoms with Gasteiger partial charge < -0.3 is 10.4 Å². The van der Waals surface area contributed by atoms with Crippen LogP contribution in [0.5, 0.6) is 0 Å². The predicted molar refractivity (Wildman–Crippen MR) is 56.7 cm³/mol. The van der Waals surface area contributed by atoms with Gasteiger partial charge in [0.15, 0.2) is 0 Å². The number of rotatable bonds is 9. The predicted octanol–water partition coefficient (Wildman–Crippen LogP) is 1.08. The Morgan fingerprint density at radius 3 is 2.54 bits per heavy atom. The van der Waals surface area contributed by atoms with Crippen molar-refractivity contribution in [2.75, 3.05) is 20.3 Å². The summed E-state index contributed by atoms with van der Waals surface area (Å²) >= 11 is 0. The normalized spacial score (nSPS) is 13.2. The number of unbranched alkanes of at least 4 members (excludes halogenated alkanes) is 3. The molecule has 0 radical (unpaired) electrons. The van der Waals surface area contributed by atoms with E-state index in [0.29, 0.717) is 6.04 Å². The zero-order valence-electron chi connectivity index (χ0n) is 8.97. The maximum absolute atomic E-state index is 8.73. The molecule has 0 amide bonds. The van der Waals surface area contributed by atoms with Gasteiger partial charge in [-0.3, -0.25) is 5.32 Å². The lowest BCUT2D eigenvalue weighted by atomic mass is 10.1. The third kappa shape index (κ3) is 8.22. The summed E-state index contributed by atoms with van der Waals surface area (Å²) < 4.78 is 0. The van der Waals surface area contributed by atoms with Crippen LogP contribution in [0.2, 0.25) is 0 Å². The van der Waals surface area contributed by atoms with Gasteiger partial charge in [-0.15, -0.1) is 0 Å². The minimum atomic E-state index is 0.0835. The highest BCUT2D eigenvalue weighted by Crippen LogP contribution is 2.04. The average molecular weight is 188 g/mol. The Morgan fingerprint density at radius 1 is 1.23 bits per heavy atom. The van der Waals surface area contributed by atoms with Crippen molar-refractivity contribution < 1.29 is 5.11 Å². The summed E-state index contributed by atoms with van der Waals surface area (Å²) in [6.45, 7) is 3.24. The van der Waals surface area contributed by atoms with E-state index in [1.54, 1.807) is 0 Å². The Labute approximate surface area is 81.9 Å². The number of aliphatic hydroxyl groups is 1. The quantitative estimate of drug-likeness (QED) is 0.375. The fourth-order valence-electron chi connectivity index (χ4n) is 1.47. The summed E-state index contributed by atoms with van der Waals surface area (Å²) in [6.07, 6.45) is 6.33. The molecule has 0 heterocycles. The first-order valence-electron chi connectivity index (χ1n) is 5.34. The Hall–Kier alpha value is -0.120. The lowest BCUT2D eigenvalue weighted by molar-refractivity contribution is 0.234. The summed E-state index contributed by atoms with van der Waals surface area (Å²) in [4.78, 5) is 0. The Balaban J connectivity index is 3.33. The summed E-state index contributed by atoms with van der Waals surface area (Å²) in [6, 6.07) is 0.423. The van der Waals surface area contributed by atoms with Crippen molar-refractivity contribution in [1.82, 2.24) is 10.6 Å². The number of hydrogen-bond acceptors (Lipinski definition) is 3. The maximum Gasteiger partial charge on any atom is 0.0934 e. The summed E-state index contributed by atoms with van der Waals surface area (Å²) in [7, 11) is 1.94. The van der Waals surface area contributed by atoms with E-state index in [1.807, 2.05) is 7.05 Å². The maximum atomic E-state index is 8.73. The van der Waals surface area contributed by atoms with Crippen molar-refractivity contribution in [2.24, 2.45) is 0 Å². The molecule has 3 N–H and O–H groups in total. The second-order valence-corrected chi connectivity index (χ2v) is 3.47. The van der Waals surface area contributed by atoms with Crippen LogP contribution < -0.4 is 10.6 Å². The number of hydrogen-bond donors (Lipinski definition) is 3. The van der Waals surface area contributed by atoms with Gasteiger partial charge in [-0.05, 0) is 13.5 Å². The summed E-state index contributed by atoms with van der Waals surface area (Å²) in [5.74, 6) is 0. The molecule has 0 aromatic carbocycles. The lowest BCUT2D eigenvalue weighted by Crippen LogP contribution is -2.37. The van der Waals surface area contributed by atoms with Crippen molar-refractivity contribution >= 4 is 0 Å². The highest BCUT2D eigenvalue weighted by Gasteiger charge is 2.04. The third-order valence-electron chi connectivity index (χ3n) is 2.24. The molecule has 0 unspecified atom stereocenters. The van der Waals surface area contributed by atoms with Crippen LogP contribution in [0.25, 0.3) is 0 Å². The zero-order chi connectivity index (χ0) is 9.94. The van der Waals surface area contributed by atoms with Crippen LogP contribution in [-0.4, -0.2) is 31.5 Å². The third-order valence-corrected chi connectivity index (χ3v) is 2.24. The monoisotopic (exact) mass is 188 g/mol. The van der Waals surface area contributed by atoms with E-state index in [9.17, 15) is 0 Å². The van der Waals surface area contributed by atoms with Gasteiger partial charge in [-0.1, -0.05) is 32.6 Å². The lowest BCUT2D eigenvalue weighted by Gasteiger charge is -2.16. The molecular formula is C10H24N2O. The van der Waals surface area contributed by atoms with Crippen molar-refractivity contribution in [1.29, 1.82) is 0 Å². The van der Waals surface area contributed by atoms with Crippen LogP contribution in [0.4, 0.5) is 0 Å². The fraction of sp³-hybridized carbons (Fsp3) is 1.00. The molecule has 0 aromatic heterocycles. The van der Waals surface area contributed by atoms with Crippen LogP contribution >= 0.6 is 0 Å². The second-order valence-electron chi connectivity index (χ2n) is 3.47. The van der Waals surface area contributed by atoms with Crippen molar-refractivity contribution in [3.8, 4) is 0 Å². The SMILES string of the molecule is CCCCCC[C@@H](CNC)NCO. The number of nitrogens with one attached hydrogen (secondary N) is 2. The molecule has 0 bridgehead atoms. The van der Waals surface area contributed by atoms with Crippen LogP contribution in [0.3, 0.4) is 0 Å². The molecule has 0 fully saturated rings. The largest absolute Gasteiger partial charge is 0.381 e. The van der Waals surface area contributed by atoms with Gasteiger partial charge in [0, 0.05) is 12.6 Å². The van der Waals surface area contributed by atoms with Crippen LogP contribution in [0.15, 0.2) is 0 Å². The van der Waals surface area contributed by atoms with Crippen LogP contribution in [0.1, 0.15) is 39.0 Å². The fourth-order valence-corrected chi connectivity index (χ4v) is 1.47. The molecule has 0 saturated carbocycles. The van der Waals surface area contributed by atoms with E-state index in [1.165, 1.54) is 25.7 Å². The molecule has 13 heavy (non-hydrogen) atoms. The van der Waals surface area contributed by atoms with E-state index in [2.05, 4.69) is 17.6 Å². The van der Waals surface area contributed by atoms with Crippen LogP contribution in [-0.2, 0) is 0 Å². The summed E-state index contributed by atoms with van der Waals surface area (Å²) in [5.41, 5.74) is 0. The summed E-state index contributed by atoms with van der Waals surface area (Å²) in [5, 5.41) is 14.9. The smallest absolute Gasteiger partial charge is 0.0934 e. The van der Waals surface area contributed by atoms with Crippen LogP contribution in [0, 0.1) is 0 Å². The molecule has 3 heteroatoms. The van der Waals surface area contributed by atoms with Gasteiger partial charge >= 0.3 is 0 Å². The van der Waals surface area contributed by atoms with E-state index in [4.69, 9.17) is 5.11 Å². The Morgan fingerprint density at radius 2 is 2.00 bits per heavy atom. The molecule has 0 spiro atoms. The van der Waals surface area contributed by atoms with Crippen molar-refractivity contribution in [3.05, 3.63) is 0 Å². The number of aliphatic hydroxyl groups excluding tert-OH is 1. The highest BCUT2D eigenvalue weighted by molar-refractivity contribution is 4.66. The molecule has 1 atom stereocenters. The van der Waals surface area contributed by atoms with Crippen molar-refractivity contribution in [3.63, 3.8) is 0 Å². The topological polar surface area (TPSA) is 44.3 Å². The second kappa shape index (κ2) is 9.96. The molecule has 0 rings (SSSR count). The molecule has 0 aromatic rings. The molecule has 0 aliphatic rings. The molecular weight excluding hydrogens is 164 g/mol. The number of likely N-dealkylation sites (N-methyl/N-ethyl adjacent to an activating group) is 1. The highest BCUT2D eigenvalue weighted by atomic mass is 16.3. The minimum absolute atomic E-state index is 0.0835. The first kappa shape index (κ1) is 12.9. The van der Waals surface area contributed by atoms with E-state index < -0.39 is 0 Å². The minimum Gasteiger partial charge on any atom is -0.381 e. The first-order chi connectivity index (χ1) is 6.35. The van der Waals surface area contributed by atoms with Gasteiger partial charge in [0.05, 0.1) is 6.73 Å². The Bertz CT molecular complexity index is 92.9. The molecule has 0 saturated heterocycles. The van der Waals surface area contributed by atoms with E-state index in [0.717, 1.165) is 13.0 Å². The molecule has 0 aliphatic carbocycles. The van der Waals surface area contributed by atoms with Gasteiger partial charge in [0.2, 0.25) is 0 Å². The van der Waals surface area contributed by atoms with Gasteiger partial charge in [0.1, 0.15) is 0 Å². The Kier molecular flexibility index (Phi) is 9.87. The average Bonchev–Trinajstić information content (AvgIpc) is 2.13. The van der Waals surface area contributed by atoms with Gasteiger partial charge in [-0.2, -0.15) is 0 Å². The molecule has 3 nitrogen and oxygen atoms in total. The van der Waals surface area contributed by atoms with Crippen molar-refractivity contribution in [2.45, 2.75) is 45.1 Å². The van der Waals surface area contributed by atoms with Gasteiger partial charge in [-0.25, -0.2) is 0 Å². The van der Waals surface area contributed by atoms with E-state index >= 15 is 0 Å². The van der Waals surface area contributed by atoms with E-state index in [-0.39, 0.29) is 6.73 Å².